The topological polar surface area (TPSA) is 72.8 Å². The van der Waals surface area contributed by atoms with Crippen molar-refractivity contribution in [2.24, 2.45) is 0 Å². The lowest BCUT2D eigenvalue weighted by molar-refractivity contribution is -0.131. The molecule has 1 aliphatic rings. The standard InChI is InChI=1S/C13H11BrO5/c14-9-7-12-11(18-4-1-5-19-12)6-8(9)10(15)2-3-13(16)17/h2-3,6-7H,1,4-5H2,(H,16,17). The highest BCUT2D eigenvalue weighted by Gasteiger charge is 2.16. The molecule has 0 amide bonds. The minimum atomic E-state index is -1.17. The molecule has 0 saturated heterocycles. The van der Waals surface area contributed by atoms with Gasteiger partial charge >= 0.3 is 5.97 Å². The van der Waals surface area contributed by atoms with Gasteiger partial charge in [-0.15, -0.1) is 0 Å². The molecule has 0 atom stereocenters. The molecule has 0 aromatic heterocycles. The van der Waals surface area contributed by atoms with Crippen LogP contribution in [0.15, 0.2) is 28.8 Å². The minimum Gasteiger partial charge on any atom is -0.490 e. The molecular formula is C13H11BrO5. The highest BCUT2D eigenvalue weighted by Crippen LogP contribution is 2.35. The fourth-order valence-corrected chi connectivity index (χ4v) is 2.13. The van der Waals surface area contributed by atoms with E-state index in [9.17, 15) is 9.59 Å². The third-order valence-corrected chi connectivity index (χ3v) is 3.14. The molecule has 1 aromatic rings. The number of carboxylic acids is 1. The number of hydrogen-bond acceptors (Lipinski definition) is 4. The first kappa shape index (κ1) is 13.6. The second-order valence-corrected chi connectivity index (χ2v) is 4.72. The predicted molar refractivity (Wildman–Crippen MR) is 70.9 cm³/mol. The van der Waals surface area contributed by atoms with Crippen LogP contribution >= 0.6 is 15.9 Å². The number of aliphatic carboxylic acids is 1. The van der Waals surface area contributed by atoms with Crippen molar-refractivity contribution in [3.05, 3.63) is 34.3 Å². The highest BCUT2D eigenvalue weighted by atomic mass is 79.9. The molecule has 1 N–H and O–H groups in total. The number of ether oxygens (including phenoxy) is 2. The van der Waals surface area contributed by atoms with E-state index in [4.69, 9.17) is 14.6 Å². The maximum atomic E-state index is 11.9. The normalized spacial score (nSPS) is 14.2. The zero-order valence-corrected chi connectivity index (χ0v) is 11.5. The lowest BCUT2D eigenvalue weighted by atomic mass is 10.1. The van der Waals surface area contributed by atoms with Gasteiger partial charge in [0.25, 0.3) is 0 Å². The zero-order valence-electron chi connectivity index (χ0n) is 9.89. The lowest BCUT2D eigenvalue weighted by Crippen LogP contribution is -2.00. The second-order valence-electron chi connectivity index (χ2n) is 3.87. The van der Waals surface area contributed by atoms with Crippen molar-refractivity contribution in [1.29, 1.82) is 0 Å². The van der Waals surface area contributed by atoms with Crippen molar-refractivity contribution in [2.45, 2.75) is 6.42 Å². The molecule has 0 aliphatic carbocycles. The summed E-state index contributed by atoms with van der Waals surface area (Å²) in [5, 5.41) is 8.51. The summed E-state index contributed by atoms with van der Waals surface area (Å²) in [6.07, 6.45) is 2.58. The van der Waals surface area contributed by atoms with Crippen LogP contribution < -0.4 is 9.47 Å². The number of carbonyl (C=O) groups excluding carboxylic acids is 1. The molecule has 5 nitrogen and oxygen atoms in total. The van der Waals surface area contributed by atoms with Gasteiger partial charge in [-0.05, 0) is 34.1 Å². The van der Waals surface area contributed by atoms with E-state index in [-0.39, 0.29) is 0 Å². The molecule has 19 heavy (non-hydrogen) atoms. The van der Waals surface area contributed by atoms with Gasteiger partial charge in [0.15, 0.2) is 17.3 Å². The summed E-state index contributed by atoms with van der Waals surface area (Å²) in [5.41, 5.74) is 0.335. The van der Waals surface area contributed by atoms with Crippen molar-refractivity contribution in [3.63, 3.8) is 0 Å². The smallest absolute Gasteiger partial charge is 0.328 e. The third-order valence-electron chi connectivity index (χ3n) is 2.48. The fourth-order valence-electron chi connectivity index (χ4n) is 1.61. The van der Waals surface area contributed by atoms with Crippen LogP contribution in [0.5, 0.6) is 11.5 Å². The first-order valence-corrected chi connectivity index (χ1v) is 6.41. The van der Waals surface area contributed by atoms with Crippen molar-refractivity contribution in [1.82, 2.24) is 0 Å². The minimum absolute atomic E-state index is 0.335. The van der Waals surface area contributed by atoms with Gasteiger partial charge in [-0.2, -0.15) is 0 Å². The van der Waals surface area contributed by atoms with Gasteiger partial charge in [0, 0.05) is 22.5 Å². The summed E-state index contributed by atoms with van der Waals surface area (Å²) < 4.78 is 11.5. The molecule has 0 unspecified atom stereocenters. The highest BCUT2D eigenvalue weighted by molar-refractivity contribution is 9.10. The van der Waals surface area contributed by atoms with E-state index < -0.39 is 11.8 Å². The summed E-state index contributed by atoms with van der Waals surface area (Å²) >= 11 is 3.27. The van der Waals surface area contributed by atoms with E-state index in [1.165, 1.54) is 0 Å². The van der Waals surface area contributed by atoms with Gasteiger partial charge in [-0.1, -0.05) is 0 Å². The van der Waals surface area contributed by atoms with Crippen molar-refractivity contribution >= 4 is 27.7 Å². The molecule has 1 aliphatic heterocycles. The van der Waals surface area contributed by atoms with Crippen molar-refractivity contribution in [2.75, 3.05) is 13.2 Å². The Balaban J connectivity index is 2.33. The fraction of sp³-hybridized carbons (Fsp3) is 0.231. The summed E-state index contributed by atoms with van der Waals surface area (Å²) in [4.78, 5) is 22.3. The van der Waals surface area contributed by atoms with Crippen LogP contribution in [-0.2, 0) is 4.79 Å². The maximum Gasteiger partial charge on any atom is 0.328 e. The van der Waals surface area contributed by atoms with E-state index in [0.717, 1.165) is 18.6 Å². The average molecular weight is 327 g/mol. The van der Waals surface area contributed by atoms with Crippen LogP contribution in [0.1, 0.15) is 16.8 Å². The molecule has 0 radical (unpaired) electrons. The van der Waals surface area contributed by atoms with Crippen molar-refractivity contribution in [3.8, 4) is 11.5 Å². The molecule has 0 bridgehead atoms. The number of allylic oxidation sites excluding steroid dienone is 1. The largest absolute Gasteiger partial charge is 0.490 e. The Kier molecular flexibility index (Phi) is 4.21. The van der Waals surface area contributed by atoms with Crippen LogP contribution in [-0.4, -0.2) is 30.1 Å². The van der Waals surface area contributed by atoms with Gasteiger partial charge in [-0.25, -0.2) is 4.79 Å². The van der Waals surface area contributed by atoms with E-state index in [1.807, 2.05) is 0 Å². The summed E-state index contributed by atoms with van der Waals surface area (Å²) in [7, 11) is 0. The Morgan fingerprint density at radius 3 is 2.42 bits per heavy atom. The Labute approximate surface area is 118 Å². The number of ketones is 1. The van der Waals surface area contributed by atoms with E-state index in [2.05, 4.69) is 15.9 Å². The molecule has 1 heterocycles. The van der Waals surface area contributed by atoms with Gasteiger partial charge < -0.3 is 14.6 Å². The SMILES string of the molecule is O=C(O)C=CC(=O)c1cc2c(cc1Br)OCCCO2. The summed E-state index contributed by atoms with van der Waals surface area (Å²) in [6.45, 7) is 1.08. The van der Waals surface area contributed by atoms with Crippen LogP contribution in [0.3, 0.4) is 0 Å². The van der Waals surface area contributed by atoms with E-state index in [1.54, 1.807) is 12.1 Å². The number of rotatable bonds is 3. The van der Waals surface area contributed by atoms with Crippen LogP contribution in [0.2, 0.25) is 0 Å². The first-order valence-electron chi connectivity index (χ1n) is 5.62. The number of carbonyl (C=O) groups is 2. The molecule has 6 heteroatoms. The number of halogens is 1. The van der Waals surface area contributed by atoms with Crippen LogP contribution in [0, 0.1) is 0 Å². The molecule has 1 aromatic carbocycles. The van der Waals surface area contributed by atoms with Gasteiger partial charge in [0.05, 0.1) is 13.2 Å². The van der Waals surface area contributed by atoms with E-state index in [0.29, 0.717) is 34.7 Å². The lowest BCUT2D eigenvalue weighted by Gasteiger charge is -2.10. The zero-order chi connectivity index (χ0) is 13.8. The number of benzene rings is 1. The Hall–Kier alpha value is -1.82. The van der Waals surface area contributed by atoms with Gasteiger partial charge in [0.2, 0.25) is 0 Å². The Morgan fingerprint density at radius 2 is 1.79 bits per heavy atom. The number of carboxylic acid groups (broad SMARTS) is 1. The molecule has 0 saturated carbocycles. The maximum absolute atomic E-state index is 11.9. The molecule has 0 fully saturated rings. The Morgan fingerprint density at radius 1 is 1.16 bits per heavy atom. The average Bonchev–Trinajstić information content (AvgIpc) is 2.59. The van der Waals surface area contributed by atoms with Crippen LogP contribution in [0.4, 0.5) is 0 Å². The van der Waals surface area contributed by atoms with Crippen molar-refractivity contribution < 1.29 is 24.2 Å². The Bertz CT molecular complexity index is 550. The van der Waals surface area contributed by atoms with Gasteiger partial charge in [-0.3, -0.25) is 4.79 Å². The summed E-state index contributed by atoms with van der Waals surface area (Å²) in [6, 6.07) is 3.21. The van der Waals surface area contributed by atoms with E-state index >= 15 is 0 Å². The second kappa shape index (κ2) is 5.88. The monoisotopic (exact) mass is 326 g/mol. The summed E-state index contributed by atoms with van der Waals surface area (Å²) in [5.74, 6) is -0.514. The van der Waals surface area contributed by atoms with Gasteiger partial charge in [0.1, 0.15) is 0 Å². The molecular weight excluding hydrogens is 316 g/mol. The third kappa shape index (κ3) is 3.35. The quantitative estimate of drug-likeness (QED) is 0.682. The number of fused-ring (bicyclic) bond motifs is 1. The molecule has 2 rings (SSSR count). The first-order chi connectivity index (χ1) is 9.08. The van der Waals surface area contributed by atoms with Crippen LogP contribution in [0.25, 0.3) is 0 Å². The predicted octanol–water partition coefficient (Wildman–Crippen LogP) is 2.43. The molecule has 0 spiro atoms. The molecule has 100 valence electrons. The number of hydrogen-bond donors (Lipinski definition) is 1.